The third kappa shape index (κ3) is 2.56. The minimum atomic E-state index is -0.295. The second-order valence-corrected chi connectivity index (χ2v) is 4.92. The van der Waals surface area contributed by atoms with Crippen LogP contribution in [-0.2, 0) is 4.74 Å². The Kier molecular flexibility index (Phi) is 4.76. The number of hydrogen-bond acceptors (Lipinski definition) is 3. The molecule has 0 aromatic carbocycles. The molecule has 3 heteroatoms. The molecule has 0 radical (unpaired) electrons. The summed E-state index contributed by atoms with van der Waals surface area (Å²) in [5.41, 5.74) is -0.295. The Morgan fingerprint density at radius 2 is 2.06 bits per heavy atom. The van der Waals surface area contributed by atoms with E-state index < -0.39 is 0 Å². The van der Waals surface area contributed by atoms with Crippen molar-refractivity contribution in [2.75, 3.05) is 19.7 Å². The second kappa shape index (κ2) is 5.65. The highest BCUT2D eigenvalue weighted by Crippen LogP contribution is 2.32. The first kappa shape index (κ1) is 13.5. The number of nitriles is 1. The predicted octanol–water partition coefficient (Wildman–Crippen LogP) is 2.43. The Bertz CT molecular complexity index is 255. The van der Waals surface area contributed by atoms with Gasteiger partial charge in [0.25, 0.3) is 0 Å². The molecular weight excluding hydrogens is 200 g/mol. The van der Waals surface area contributed by atoms with Gasteiger partial charge in [-0.25, -0.2) is 0 Å². The Balaban J connectivity index is 2.83. The van der Waals surface area contributed by atoms with E-state index in [1.54, 1.807) is 0 Å². The predicted molar refractivity (Wildman–Crippen MR) is 65.1 cm³/mol. The number of rotatable bonds is 4. The number of hydrogen-bond donors (Lipinski definition) is 0. The van der Waals surface area contributed by atoms with E-state index in [4.69, 9.17) is 4.74 Å². The molecule has 0 aliphatic carbocycles. The van der Waals surface area contributed by atoms with E-state index in [2.05, 4.69) is 38.7 Å². The summed E-state index contributed by atoms with van der Waals surface area (Å²) in [6.45, 7) is 11.2. The first-order chi connectivity index (χ1) is 7.59. The molecule has 3 nitrogen and oxygen atoms in total. The van der Waals surface area contributed by atoms with Crippen molar-refractivity contribution in [1.29, 1.82) is 5.26 Å². The van der Waals surface area contributed by atoms with Crippen LogP contribution in [0.4, 0.5) is 0 Å². The van der Waals surface area contributed by atoms with Crippen LogP contribution in [0.15, 0.2) is 0 Å². The summed E-state index contributed by atoms with van der Waals surface area (Å²) in [7, 11) is 0. The highest BCUT2D eigenvalue weighted by molar-refractivity contribution is 5.11. The fourth-order valence-corrected chi connectivity index (χ4v) is 2.59. The third-order valence-electron chi connectivity index (χ3n) is 3.71. The van der Waals surface area contributed by atoms with Gasteiger partial charge in [0.1, 0.15) is 5.54 Å². The molecule has 1 fully saturated rings. The van der Waals surface area contributed by atoms with Crippen molar-refractivity contribution < 1.29 is 4.74 Å². The molecule has 0 spiro atoms. The standard InChI is InChI=1S/C13H24N2O/c1-5-15(6-2)13(10-14)7-8-16-12(9-13)11(3)4/h11-12H,5-9H2,1-4H3. The van der Waals surface area contributed by atoms with Crippen LogP contribution in [0.5, 0.6) is 0 Å². The van der Waals surface area contributed by atoms with Gasteiger partial charge in [-0.2, -0.15) is 5.26 Å². The van der Waals surface area contributed by atoms with E-state index in [1.165, 1.54) is 0 Å². The maximum Gasteiger partial charge on any atom is 0.113 e. The lowest BCUT2D eigenvalue weighted by molar-refractivity contribution is -0.0689. The smallest absolute Gasteiger partial charge is 0.113 e. The van der Waals surface area contributed by atoms with Crippen molar-refractivity contribution >= 4 is 0 Å². The second-order valence-electron chi connectivity index (χ2n) is 4.92. The Hall–Kier alpha value is -0.590. The van der Waals surface area contributed by atoms with E-state index in [-0.39, 0.29) is 11.6 Å². The van der Waals surface area contributed by atoms with Crippen molar-refractivity contribution in [3.63, 3.8) is 0 Å². The molecule has 0 bridgehead atoms. The normalized spacial score (nSPS) is 30.7. The molecule has 2 atom stereocenters. The molecule has 0 N–H and O–H groups in total. The number of ether oxygens (including phenoxy) is 1. The van der Waals surface area contributed by atoms with Crippen LogP contribution in [0.1, 0.15) is 40.5 Å². The fourth-order valence-electron chi connectivity index (χ4n) is 2.59. The van der Waals surface area contributed by atoms with Crippen LogP contribution in [-0.4, -0.2) is 36.2 Å². The van der Waals surface area contributed by atoms with Crippen molar-refractivity contribution in [2.24, 2.45) is 5.92 Å². The SMILES string of the molecule is CCN(CC)C1(C#N)CCOC(C(C)C)C1. The van der Waals surface area contributed by atoms with Crippen LogP contribution in [0.3, 0.4) is 0 Å². The summed E-state index contributed by atoms with van der Waals surface area (Å²) in [5.74, 6) is 0.489. The highest BCUT2D eigenvalue weighted by atomic mass is 16.5. The molecule has 1 rings (SSSR count). The lowest BCUT2D eigenvalue weighted by atomic mass is 9.83. The van der Waals surface area contributed by atoms with Crippen LogP contribution in [0, 0.1) is 17.2 Å². The topological polar surface area (TPSA) is 36.3 Å². The summed E-state index contributed by atoms with van der Waals surface area (Å²) >= 11 is 0. The van der Waals surface area contributed by atoms with Crippen molar-refractivity contribution in [3.8, 4) is 6.07 Å². The first-order valence-corrected chi connectivity index (χ1v) is 6.37. The summed E-state index contributed by atoms with van der Waals surface area (Å²) in [6, 6.07) is 2.55. The Morgan fingerprint density at radius 1 is 1.44 bits per heavy atom. The van der Waals surface area contributed by atoms with Gasteiger partial charge in [0, 0.05) is 19.4 Å². The van der Waals surface area contributed by atoms with Crippen LogP contribution in [0.2, 0.25) is 0 Å². The van der Waals surface area contributed by atoms with Crippen molar-refractivity contribution in [2.45, 2.75) is 52.2 Å². The quantitative estimate of drug-likeness (QED) is 0.736. The summed E-state index contributed by atoms with van der Waals surface area (Å²) < 4.78 is 5.76. The summed E-state index contributed by atoms with van der Waals surface area (Å²) in [6.07, 6.45) is 1.92. The van der Waals surface area contributed by atoms with Crippen LogP contribution in [0.25, 0.3) is 0 Å². The van der Waals surface area contributed by atoms with E-state index in [1.807, 2.05) is 0 Å². The molecule has 0 aromatic heterocycles. The molecule has 0 amide bonds. The molecule has 2 unspecified atom stereocenters. The van der Waals surface area contributed by atoms with Gasteiger partial charge in [0.05, 0.1) is 12.2 Å². The maximum atomic E-state index is 9.53. The van der Waals surface area contributed by atoms with Gasteiger partial charge in [0.15, 0.2) is 0 Å². The molecule has 0 aromatic rings. The van der Waals surface area contributed by atoms with Gasteiger partial charge < -0.3 is 4.74 Å². The highest BCUT2D eigenvalue weighted by Gasteiger charge is 2.41. The van der Waals surface area contributed by atoms with Gasteiger partial charge in [-0.05, 0) is 19.0 Å². The van der Waals surface area contributed by atoms with Crippen molar-refractivity contribution in [3.05, 3.63) is 0 Å². The minimum Gasteiger partial charge on any atom is -0.378 e. The molecule has 1 aliphatic heterocycles. The van der Waals surface area contributed by atoms with Crippen LogP contribution >= 0.6 is 0 Å². The lowest BCUT2D eigenvalue weighted by Gasteiger charge is -2.44. The molecule has 1 heterocycles. The van der Waals surface area contributed by atoms with E-state index in [9.17, 15) is 5.26 Å². The van der Waals surface area contributed by atoms with Crippen LogP contribution < -0.4 is 0 Å². The molecular formula is C13H24N2O. The Labute approximate surface area is 99.4 Å². The summed E-state index contributed by atoms with van der Waals surface area (Å²) in [5, 5.41) is 9.53. The van der Waals surface area contributed by atoms with Crippen molar-refractivity contribution in [1.82, 2.24) is 4.90 Å². The largest absolute Gasteiger partial charge is 0.378 e. The van der Waals surface area contributed by atoms with Gasteiger partial charge in [-0.3, -0.25) is 4.90 Å². The minimum absolute atomic E-state index is 0.231. The lowest BCUT2D eigenvalue weighted by Crippen LogP contribution is -2.54. The zero-order valence-electron chi connectivity index (χ0n) is 11.0. The zero-order chi connectivity index (χ0) is 12.2. The first-order valence-electron chi connectivity index (χ1n) is 6.37. The Morgan fingerprint density at radius 3 is 2.50 bits per heavy atom. The third-order valence-corrected chi connectivity index (χ3v) is 3.71. The average molecular weight is 224 g/mol. The summed E-state index contributed by atoms with van der Waals surface area (Å²) in [4.78, 5) is 2.28. The van der Waals surface area contributed by atoms with Gasteiger partial charge in [-0.15, -0.1) is 0 Å². The monoisotopic (exact) mass is 224 g/mol. The number of nitrogens with zero attached hydrogens (tertiary/aromatic N) is 2. The molecule has 0 saturated carbocycles. The van der Waals surface area contributed by atoms with Gasteiger partial charge >= 0.3 is 0 Å². The maximum absolute atomic E-state index is 9.53. The van der Waals surface area contributed by atoms with Gasteiger partial charge in [0.2, 0.25) is 0 Å². The van der Waals surface area contributed by atoms with E-state index in [0.29, 0.717) is 12.5 Å². The fraction of sp³-hybridized carbons (Fsp3) is 0.923. The average Bonchev–Trinajstić information content (AvgIpc) is 2.30. The van der Waals surface area contributed by atoms with Gasteiger partial charge in [-0.1, -0.05) is 27.7 Å². The van der Waals surface area contributed by atoms with E-state index >= 15 is 0 Å². The zero-order valence-corrected chi connectivity index (χ0v) is 11.0. The molecule has 1 aliphatic rings. The molecule has 92 valence electrons. The molecule has 16 heavy (non-hydrogen) atoms. The molecule has 1 saturated heterocycles. The van der Waals surface area contributed by atoms with E-state index in [0.717, 1.165) is 25.9 Å².